The normalized spacial score (nSPS) is 14.4. The second-order valence-electron chi connectivity index (χ2n) is 5.99. The molecule has 4 rings (SSSR count). The molecule has 0 spiro atoms. The summed E-state index contributed by atoms with van der Waals surface area (Å²) in [5, 5.41) is 4.40. The Morgan fingerprint density at radius 3 is 2.50 bits per heavy atom. The highest BCUT2D eigenvalue weighted by Gasteiger charge is 2.18. The lowest BCUT2D eigenvalue weighted by molar-refractivity contribution is 0.0302. The molecule has 1 aliphatic rings. The molecular weight excluding hydrogens is 396 g/mol. The smallest absolute Gasteiger partial charge is 0.255 e. The quantitative estimate of drug-likeness (QED) is 0.662. The van der Waals surface area contributed by atoms with Gasteiger partial charge >= 0.3 is 0 Å². The molecule has 0 aliphatic carbocycles. The number of aromatic nitrogens is 3. The summed E-state index contributed by atoms with van der Waals surface area (Å²) in [5.74, 6) is -0.00194. The summed E-state index contributed by atoms with van der Waals surface area (Å²) in [6.45, 7) is 2.43. The SMILES string of the molecule is O=C(c1ccc(-c2cnn(-c3ccc(Br)cc3)c2)nc1)N1CCOCC1. The van der Waals surface area contributed by atoms with Crippen molar-refractivity contribution in [2.45, 2.75) is 0 Å². The van der Waals surface area contributed by atoms with E-state index in [0.29, 0.717) is 31.9 Å². The molecule has 0 atom stereocenters. The van der Waals surface area contributed by atoms with Gasteiger partial charge in [0.2, 0.25) is 0 Å². The third kappa shape index (κ3) is 3.54. The van der Waals surface area contributed by atoms with E-state index in [1.165, 1.54) is 0 Å². The zero-order valence-corrected chi connectivity index (χ0v) is 15.6. The van der Waals surface area contributed by atoms with Crippen LogP contribution in [0.3, 0.4) is 0 Å². The summed E-state index contributed by atoms with van der Waals surface area (Å²) in [6.07, 6.45) is 5.33. The van der Waals surface area contributed by atoms with E-state index in [1.807, 2.05) is 42.6 Å². The van der Waals surface area contributed by atoms with E-state index in [2.05, 4.69) is 26.0 Å². The van der Waals surface area contributed by atoms with Crippen molar-refractivity contribution in [2.24, 2.45) is 0 Å². The molecule has 0 unspecified atom stereocenters. The van der Waals surface area contributed by atoms with Crippen molar-refractivity contribution in [1.82, 2.24) is 19.7 Å². The van der Waals surface area contributed by atoms with E-state index >= 15 is 0 Å². The molecule has 6 nitrogen and oxygen atoms in total. The Balaban J connectivity index is 1.52. The first-order chi connectivity index (χ1) is 12.7. The number of nitrogens with zero attached hydrogens (tertiary/aromatic N) is 4. The average molecular weight is 413 g/mol. The third-order valence-electron chi connectivity index (χ3n) is 4.28. The van der Waals surface area contributed by atoms with Crippen LogP contribution in [0.1, 0.15) is 10.4 Å². The van der Waals surface area contributed by atoms with Gasteiger partial charge in [-0.1, -0.05) is 15.9 Å². The lowest BCUT2D eigenvalue weighted by atomic mass is 10.2. The van der Waals surface area contributed by atoms with Crippen molar-refractivity contribution in [3.05, 3.63) is 65.0 Å². The summed E-state index contributed by atoms with van der Waals surface area (Å²) in [6, 6.07) is 11.6. The van der Waals surface area contributed by atoms with Gasteiger partial charge in [-0.25, -0.2) is 4.68 Å². The zero-order valence-electron chi connectivity index (χ0n) is 14.0. The van der Waals surface area contributed by atoms with E-state index in [9.17, 15) is 4.79 Å². The van der Waals surface area contributed by atoms with Crippen molar-refractivity contribution in [3.63, 3.8) is 0 Å². The molecule has 1 fully saturated rings. The summed E-state index contributed by atoms with van der Waals surface area (Å²) in [7, 11) is 0. The predicted molar refractivity (Wildman–Crippen MR) is 101 cm³/mol. The number of amides is 1. The van der Waals surface area contributed by atoms with Gasteiger partial charge in [0.1, 0.15) is 0 Å². The van der Waals surface area contributed by atoms with E-state index in [0.717, 1.165) is 21.4 Å². The van der Waals surface area contributed by atoms with Crippen LogP contribution in [0.25, 0.3) is 16.9 Å². The number of ether oxygens (including phenoxy) is 1. The standard InChI is InChI=1S/C19H17BrN4O2/c20-16-2-4-17(5-3-16)24-13-15(12-22-24)18-6-1-14(11-21-18)19(25)23-7-9-26-10-8-23/h1-6,11-13H,7-10H2. The molecule has 1 saturated heterocycles. The predicted octanol–water partition coefficient (Wildman–Crippen LogP) is 3.17. The van der Waals surface area contributed by atoms with E-state index in [1.54, 1.807) is 22.0 Å². The Morgan fingerprint density at radius 1 is 1.04 bits per heavy atom. The Hall–Kier alpha value is -2.51. The molecule has 1 amide bonds. The van der Waals surface area contributed by atoms with Crippen LogP contribution in [0.5, 0.6) is 0 Å². The van der Waals surface area contributed by atoms with Crippen LogP contribution in [0.4, 0.5) is 0 Å². The number of halogens is 1. The van der Waals surface area contributed by atoms with E-state index in [4.69, 9.17) is 4.74 Å². The highest BCUT2D eigenvalue weighted by Crippen LogP contribution is 2.20. The molecule has 26 heavy (non-hydrogen) atoms. The minimum absolute atomic E-state index is 0.00194. The van der Waals surface area contributed by atoms with E-state index < -0.39 is 0 Å². The molecule has 0 radical (unpaired) electrons. The summed E-state index contributed by atoms with van der Waals surface area (Å²) in [5.41, 5.74) is 3.25. The van der Waals surface area contributed by atoms with Crippen LogP contribution in [0.2, 0.25) is 0 Å². The Bertz CT molecular complexity index is 900. The number of pyridine rings is 1. The molecule has 1 aliphatic heterocycles. The van der Waals surface area contributed by atoms with E-state index in [-0.39, 0.29) is 5.91 Å². The van der Waals surface area contributed by atoms with Crippen molar-refractivity contribution in [1.29, 1.82) is 0 Å². The van der Waals surface area contributed by atoms with Crippen molar-refractivity contribution < 1.29 is 9.53 Å². The summed E-state index contributed by atoms with van der Waals surface area (Å²) in [4.78, 5) is 18.7. The minimum Gasteiger partial charge on any atom is -0.378 e. The first-order valence-electron chi connectivity index (χ1n) is 8.35. The Morgan fingerprint density at radius 2 is 1.81 bits per heavy atom. The fraction of sp³-hybridized carbons (Fsp3) is 0.211. The van der Waals surface area contributed by atoms with Crippen LogP contribution in [0, 0.1) is 0 Å². The van der Waals surface area contributed by atoms with Gasteiger partial charge in [-0.15, -0.1) is 0 Å². The third-order valence-corrected chi connectivity index (χ3v) is 4.81. The fourth-order valence-corrected chi connectivity index (χ4v) is 3.09. The summed E-state index contributed by atoms with van der Waals surface area (Å²) >= 11 is 3.43. The monoisotopic (exact) mass is 412 g/mol. The highest BCUT2D eigenvalue weighted by atomic mass is 79.9. The lowest BCUT2D eigenvalue weighted by Crippen LogP contribution is -2.40. The van der Waals surface area contributed by atoms with Crippen LogP contribution >= 0.6 is 15.9 Å². The molecular formula is C19H17BrN4O2. The molecule has 0 saturated carbocycles. The van der Waals surface area contributed by atoms with Crippen molar-refractivity contribution in [3.8, 4) is 16.9 Å². The zero-order chi connectivity index (χ0) is 17.9. The van der Waals surface area contributed by atoms with Gasteiger partial charge in [-0.3, -0.25) is 9.78 Å². The Labute approximate surface area is 159 Å². The maximum Gasteiger partial charge on any atom is 0.255 e. The minimum atomic E-state index is -0.00194. The molecule has 2 aromatic heterocycles. The first kappa shape index (κ1) is 16.9. The number of carbonyl (C=O) groups excluding carboxylic acids is 1. The van der Waals surface area contributed by atoms with Crippen LogP contribution in [0.15, 0.2) is 59.5 Å². The first-order valence-corrected chi connectivity index (χ1v) is 9.14. The van der Waals surface area contributed by atoms with Crippen LogP contribution < -0.4 is 0 Å². The lowest BCUT2D eigenvalue weighted by Gasteiger charge is -2.26. The molecule has 1 aromatic carbocycles. The van der Waals surface area contributed by atoms with Gasteiger partial charge in [0.15, 0.2) is 0 Å². The van der Waals surface area contributed by atoms with Crippen LogP contribution in [-0.4, -0.2) is 51.9 Å². The topological polar surface area (TPSA) is 60.2 Å². The molecule has 132 valence electrons. The average Bonchev–Trinajstić information content (AvgIpc) is 3.19. The number of carbonyl (C=O) groups is 1. The number of rotatable bonds is 3. The van der Waals surface area contributed by atoms with Gasteiger partial charge in [0.25, 0.3) is 5.91 Å². The van der Waals surface area contributed by atoms with Gasteiger partial charge in [-0.05, 0) is 36.4 Å². The second-order valence-corrected chi connectivity index (χ2v) is 6.90. The molecule has 3 aromatic rings. The fourth-order valence-electron chi connectivity index (χ4n) is 2.83. The molecule has 0 bridgehead atoms. The highest BCUT2D eigenvalue weighted by molar-refractivity contribution is 9.10. The maximum atomic E-state index is 12.5. The number of hydrogen-bond donors (Lipinski definition) is 0. The molecule has 7 heteroatoms. The van der Waals surface area contributed by atoms with Crippen molar-refractivity contribution >= 4 is 21.8 Å². The van der Waals surface area contributed by atoms with Gasteiger partial charge in [0.05, 0.1) is 36.4 Å². The van der Waals surface area contributed by atoms with Gasteiger partial charge in [0, 0.05) is 35.5 Å². The number of hydrogen-bond acceptors (Lipinski definition) is 4. The second kappa shape index (κ2) is 7.39. The summed E-state index contributed by atoms with van der Waals surface area (Å²) < 4.78 is 8.11. The Kier molecular flexibility index (Phi) is 4.81. The largest absolute Gasteiger partial charge is 0.378 e. The van der Waals surface area contributed by atoms with Crippen LogP contribution in [-0.2, 0) is 4.74 Å². The van der Waals surface area contributed by atoms with Gasteiger partial charge in [-0.2, -0.15) is 5.10 Å². The number of benzene rings is 1. The number of morpholine rings is 1. The maximum absolute atomic E-state index is 12.5. The van der Waals surface area contributed by atoms with Crippen molar-refractivity contribution in [2.75, 3.05) is 26.3 Å². The van der Waals surface area contributed by atoms with Gasteiger partial charge < -0.3 is 9.64 Å². The molecule has 3 heterocycles. The molecule has 0 N–H and O–H groups in total.